The van der Waals surface area contributed by atoms with E-state index in [9.17, 15) is 18.0 Å². The zero-order chi connectivity index (χ0) is 12.6. The molecule has 0 aliphatic carbocycles. The van der Waals surface area contributed by atoms with Crippen LogP contribution >= 0.6 is 0 Å². The van der Waals surface area contributed by atoms with Crippen LogP contribution in [-0.4, -0.2) is 10.8 Å². The van der Waals surface area contributed by atoms with E-state index < -0.39 is 11.7 Å². The minimum atomic E-state index is -4.41. The highest BCUT2D eigenvalue weighted by molar-refractivity contribution is 5.91. The van der Waals surface area contributed by atoms with Crippen LogP contribution in [0.15, 0.2) is 24.4 Å². The Morgan fingerprint density at radius 2 is 2.06 bits per heavy atom. The van der Waals surface area contributed by atoms with Crippen molar-refractivity contribution >= 4 is 16.7 Å². The number of nitrogens with one attached hydrogen (secondary N) is 1. The summed E-state index contributed by atoms with van der Waals surface area (Å²) in [6.07, 6.45) is -2.94. The molecule has 0 saturated heterocycles. The van der Waals surface area contributed by atoms with Crippen LogP contribution in [0.25, 0.3) is 10.9 Å². The number of H-pyrrole nitrogens is 1. The predicted octanol–water partition coefficient (Wildman–Crippen LogP) is 3.32. The van der Waals surface area contributed by atoms with Crippen molar-refractivity contribution in [3.63, 3.8) is 0 Å². The standard InChI is InChI=1S/C12H10F3NO/c1-7(17)5-8-6-16-10-4-2-3-9(11(8)10)12(13,14)15/h2-4,6,16H,5H2,1H3. The number of Topliss-reactive ketones (excluding diaryl/α,β-unsaturated/α-hetero) is 1. The van der Waals surface area contributed by atoms with E-state index in [2.05, 4.69) is 4.98 Å². The van der Waals surface area contributed by atoms with Crippen LogP contribution in [0.2, 0.25) is 0 Å². The maximum Gasteiger partial charge on any atom is 0.417 e. The van der Waals surface area contributed by atoms with Crippen molar-refractivity contribution in [1.29, 1.82) is 0 Å². The molecule has 0 unspecified atom stereocenters. The number of rotatable bonds is 2. The summed E-state index contributed by atoms with van der Waals surface area (Å²) in [6.45, 7) is 1.36. The lowest BCUT2D eigenvalue weighted by Crippen LogP contribution is -2.06. The summed E-state index contributed by atoms with van der Waals surface area (Å²) in [6, 6.07) is 3.94. The molecule has 1 N–H and O–H groups in total. The highest BCUT2D eigenvalue weighted by atomic mass is 19.4. The summed E-state index contributed by atoms with van der Waals surface area (Å²) in [4.78, 5) is 13.8. The highest BCUT2D eigenvalue weighted by Crippen LogP contribution is 2.36. The topological polar surface area (TPSA) is 32.9 Å². The lowest BCUT2D eigenvalue weighted by Gasteiger charge is -2.09. The summed E-state index contributed by atoms with van der Waals surface area (Å²) in [7, 11) is 0. The molecule has 17 heavy (non-hydrogen) atoms. The van der Waals surface area contributed by atoms with Gasteiger partial charge in [0.15, 0.2) is 0 Å². The second-order valence-corrected chi connectivity index (χ2v) is 3.92. The van der Waals surface area contributed by atoms with Gasteiger partial charge in [0, 0.05) is 23.5 Å². The van der Waals surface area contributed by atoms with Gasteiger partial charge < -0.3 is 4.98 Å². The molecule has 1 aromatic heterocycles. The van der Waals surface area contributed by atoms with Gasteiger partial charge in [0.25, 0.3) is 0 Å². The van der Waals surface area contributed by atoms with Gasteiger partial charge in [-0.1, -0.05) is 6.07 Å². The molecule has 5 heteroatoms. The molecule has 90 valence electrons. The van der Waals surface area contributed by atoms with Crippen molar-refractivity contribution in [3.05, 3.63) is 35.5 Å². The quantitative estimate of drug-likeness (QED) is 0.859. The number of hydrogen-bond donors (Lipinski definition) is 1. The first-order valence-corrected chi connectivity index (χ1v) is 5.05. The Bertz CT molecular complexity index is 569. The smallest absolute Gasteiger partial charge is 0.361 e. The summed E-state index contributed by atoms with van der Waals surface area (Å²) in [5.41, 5.74) is 0.0870. The largest absolute Gasteiger partial charge is 0.417 e. The molecule has 2 rings (SSSR count). The Labute approximate surface area is 95.4 Å². The van der Waals surface area contributed by atoms with E-state index in [-0.39, 0.29) is 17.6 Å². The number of alkyl halides is 3. The number of aromatic amines is 1. The molecule has 1 heterocycles. The van der Waals surface area contributed by atoms with Crippen molar-refractivity contribution in [2.24, 2.45) is 0 Å². The average molecular weight is 241 g/mol. The molecular weight excluding hydrogens is 231 g/mol. The van der Waals surface area contributed by atoms with Crippen molar-refractivity contribution in [2.45, 2.75) is 19.5 Å². The Balaban J connectivity index is 2.68. The molecule has 0 bridgehead atoms. The van der Waals surface area contributed by atoms with E-state index in [1.165, 1.54) is 19.2 Å². The number of carbonyl (C=O) groups excluding carboxylic acids is 1. The molecule has 0 saturated carbocycles. The number of benzene rings is 1. The number of ketones is 1. The second-order valence-electron chi connectivity index (χ2n) is 3.92. The third-order valence-corrected chi connectivity index (χ3v) is 2.53. The SMILES string of the molecule is CC(=O)Cc1c[nH]c2cccc(C(F)(F)F)c12. The van der Waals surface area contributed by atoms with E-state index in [4.69, 9.17) is 0 Å². The van der Waals surface area contributed by atoms with Gasteiger partial charge in [-0.05, 0) is 24.6 Å². The van der Waals surface area contributed by atoms with Crippen LogP contribution in [0.1, 0.15) is 18.1 Å². The minimum Gasteiger partial charge on any atom is -0.361 e. The van der Waals surface area contributed by atoms with Crippen LogP contribution in [0.3, 0.4) is 0 Å². The molecule has 2 aromatic rings. The Morgan fingerprint density at radius 3 is 2.65 bits per heavy atom. The van der Waals surface area contributed by atoms with Gasteiger partial charge >= 0.3 is 6.18 Å². The van der Waals surface area contributed by atoms with Gasteiger partial charge in [0.2, 0.25) is 0 Å². The molecule has 0 radical (unpaired) electrons. The van der Waals surface area contributed by atoms with E-state index in [0.29, 0.717) is 11.1 Å². The minimum absolute atomic E-state index is 0.00704. The highest BCUT2D eigenvalue weighted by Gasteiger charge is 2.33. The molecule has 0 aliphatic rings. The van der Waals surface area contributed by atoms with E-state index in [0.717, 1.165) is 6.07 Å². The molecule has 0 fully saturated rings. The number of aromatic nitrogens is 1. The summed E-state index contributed by atoms with van der Waals surface area (Å²) >= 11 is 0. The maximum atomic E-state index is 12.8. The van der Waals surface area contributed by atoms with Crippen LogP contribution in [0.4, 0.5) is 13.2 Å². The molecule has 1 aromatic carbocycles. The number of halogens is 3. The first-order valence-electron chi connectivity index (χ1n) is 5.05. The molecule has 0 atom stereocenters. The third kappa shape index (κ3) is 2.18. The summed E-state index contributed by atoms with van der Waals surface area (Å²) < 4.78 is 38.4. The van der Waals surface area contributed by atoms with Gasteiger partial charge in [0.05, 0.1) is 5.56 Å². The van der Waals surface area contributed by atoms with E-state index >= 15 is 0 Å². The van der Waals surface area contributed by atoms with Crippen LogP contribution in [-0.2, 0) is 17.4 Å². The first-order chi connectivity index (χ1) is 7.89. The van der Waals surface area contributed by atoms with Gasteiger partial charge in [-0.15, -0.1) is 0 Å². The molecule has 0 spiro atoms. The fourth-order valence-electron chi connectivity index (χ4n) is 1.90. The number of hydrogen-bond acceptors (Lipinski definition) is 1. The normalized spacial score (nSPS) is 12.0. The van der Waals surface area contributed by atoms with Crippen molar-refractivity contribution in [3.8, 4) is 0 Å². The number of fused-ring (bicyclic) bond motifs is 1. The fraction of sp³-hybridized carbons (Fsp3) is 0.250. The molecular formula is C12H10F3NO. The molecule has 0 aliphatic heterocycles. The second kappa shape index (κ2) is 3.91. The van der Waals surface area contributed by atoms with Gasteiger partial charge in [-0.2, -0.15) is 13.2 Å². The van der Waals surface area contributed by atoms with Crippen molar-refractivity contribution < 1.29 is 18.0 Å². The maximum absolute atomic E-state index is 12.8. The third-order valence-electron chi connectivity index (χ3n) is 2.53. The zero-order valence-electron chi connectivity index (χ0n) is 9.06. The summed E-state index contributed by atoms with van der Waals surface area (Å²) in [5, 5.41) is 0.0928. The lowest BCUT2D eigenvalue weighted by molar-refractivity contribution is -0.136. The Morgan fingerprint density at radius 1 is 1.35 bits per heavy atom. The van der Waals surface area contributed by atoms with Crippen molar-refractivity contribution in [2.75, 3.05) is 0 Å². The van der Waals surface area contributed by atoms with Gasteiger partial charge in [-0.25, -0.2) is 0 Å². The number of carbonyl (C=O) groups is 1. The lowest BCUT2D eigenvalue weighted by atomic mass is 10.0. The first kappa shape index (κ1) is 11.7. The Hall–Kier alpha value is -1.78. The Kier molecular flexibility index (Phi) is 2.69. The zero-order valence-corrected chi connectivity index (χ0v) is 9.06. The van der Waals surface area contributed by atoms with Crippen LogP contribution in [0.5, 0.6) is 0 Å². The average Bonchev–Trinajstić information content (AvgIpc) is 2.59. The van der Waals surface area contributed by atoms with Gasteiger partial charge in [0.1, 0.15) is 5.78 Å². The monoisotopic (exact) mass is 241 g/mol. The summed E-state index contributed by atoms with van der Waals surface area (Å²) in [5.74, 6) is -0.164. The predicted molar refractivity (Wildman–Crippen MR) is 57.7 cm³/mol. The van der Waals surface area contributed by atoms with E-state index in [1.807, 2.05) is 0 Å². The van der Waals surface area contributed by atoms with E-state index in [1.54, 1.807) is 6.07 Å². The van der Waals surface area contributed by atoms with Crippen LogP contribution < -0.4 is 0 Å². The molecule has 0 amide bonds. The fourth-order valence-corrected chi connectivity index (χ4v) is 1.90. The van der Waals surface area contributed by atoms with Crippen molar-refractivity contribution in [1.82, 2.24) is 4.98 Å². The van der Waals surface area contributed by atoms with Gasteiger partial charge in [-0.3, -0.25) is 4.79 Å². The molecule has 2 nitrogen and oxygen atoms in total. The van der Waals surface area contributed by atoms with Crippen LogP contribution in [0, 0.1) is 0 Å².